The number of nitrogens with one attached hydrogen (secondary N) is 2. The summed E-state index contributed by atoms with van der Waals surface area (Å²) in [6.45, 7) is 5.82. The average molecular weight is 251 g/mol. The topological polar surface area (TPSA) is 62.2 Å². The van der Waals surface area contributed by atoms with Crippen LogP contribution in [-0.2, 0) is 7.05 Å². The van der Waals surface area contributed by atoms with Crippen molar-refractivity contribution in [2.75, 3.05) is 31.5 Å². The van der Waals surface area contributed by atoms with Gasteiger partial charge in [0.25, 0.3) is 0 Å². The molecule has 0 spiro atoms. The Morgan fingerprint density at radius 3 is 2.78 bits per heavy atom. The Morgan fingerprint density at radius 1 is 1.44 bits per heavy atom. The first-order valence-corrected chi connectivity index (χ1v) is 6.43. The van der Waals surface area contributed by atoms with Gasteiger partial charge in [-0.1, -0.05) is 0 Å². The zero-order valence-electron chi connectivity index (χ0n) is 11.1. The van der Waals surface area contributed by atoms with Gasteiger partial charge in [0.05, 0.1) is 5.69 Å². The summed E-state index contributed by atoms with van der Waals surface area (Å²) in [5.74, 6) is 0.714. The van der Waals surface area contributed by atoms with Crippen LogP contribution in [0.1, 0.15) is 18.5 Å². The number of likely N-dealkylation sites (tertiary alicyclic amines) is 1. The number of hydrogen-bond donors (Lipinski definition) is 2. The second kappa shape index (κ2) is 5.86. The maximum Gasteiger partial charge on any atom is 0.320 e. The van der Waals surface area contributed by atoms with Crippen LogP contribution in [0.15, 0.2) is 6.07 Å². The number of nitrogens with zero attached hydrogens (tertiary/aromatic N) is 3. The second-order valence-electron chi connectivity index (χ2n) is 4.72. The van der Waals surface area contributed by atoms with Crippen LogP contribution in [0.4, 0.5) is 10.6 Å². The van der Waals surface area contributed by atoms with Crippen LogP contribution in [0.25, 0.3) is 0 Å². The SMILES string of the molecule is Cc1cc(NC(=O)NCCN2CCCC2)n(C)n1. The number of urea groups is 1. The van der Waals surface area contributed by atoms with Crippen molar-refractivity contribution in [1.29, 1.82) is 0 Å². The Balaban J connectivity index is 1.70. The van der Waals surface area contributed by atoms with E-state index in [0.29, 0.717) is 12.4 Å². The van der Waals surface area contributed by atoms with E-state index in [4.69, 9.17) is 0 Å². The molecule has 6 heteroatoms. The third-order valence-electron chi connectivity index (χ3n) is 3.16. The van der Waals surface area contributed by atoms with Gasteiger partial charge in [-0.2, -0.15) is 5.10 Å². The number of carbonyl (C=O) groups is 1. The molecule has 0 radical (unpaired) electrons. The van der Waals surface area contributed by atoms with E-state index in [-0.39, 0.29) is 6.03 Å². The highest BCUT2D eigenvalue weighted by molar-refractivity contribution is 5.88. The van der Waals surface area contributed by atoms with Gasteiger partial charge >= 0.3 is 6.03 Å². The minimum Gasteiger partial charge on any atom is -0.337 e. The lowest BCUT2D eigenvalue weighted by atomic mass is 10.4. The Bertz CT molecular complexity index is 409. The predicted octanol–water partition coefficient (Wildman–Crippen LogP) is 0.946. The predicted molar refractivity (Wildman–Crippen MR) is 70.6 cm³/mol. The average Bonchev–Trinajstić information content (AvgIpc) is 2.90. The third kappa shape index (κ3) is 3.46. The van der Waals surface area contributed by atoms with E-state index in [0.717, 1.165) is 25.3 Å². The highest BCUT2D eigenvalue weighted by Crippen LogP contribution is 2.07. The standard InChI is InChI=1S/C12H21N5O/c1-10-9-11(16(2)15-10)14-12(18)13-5-8-17-6-3-4-7-17/h9H,3-8H2,1-2H3,(H2,13,14,18). The van der Waals surface area contributed by atoms with Crippen molar-refractivity contribution in [3.8, 4) is 0 Å². The number of aromatic nitrogens is 2. The molecular formula is C12H21N5O. The van der Waals surface area contributed by atoms with Crippen molar-refractivity contribution in [1.82, 2.24) is 20.0 Å². The van der Waals surface area contributed by atoms with E-state index in [9.17, 15) is 4.79 Å². The number of rotatable bonds is 4. The molecular weight excluding hydrogens is 230 g/mol. The number of anilines is 1. The fourth-order valence-electron chi connectivity index (χ4n) is 2.22. The van der Waals surface area contributed by atoms with Crippen LogP contribution in [0.3, 0.4) is 0 Å². The molecule has 1 aliphatic heterocycles. The molecule has 0 bridgehead atoms. The third-order valence-corrected chi connectivity index (χ3v) is 3.16. The summed E-state index contributed by atoms with van der Waals surface area (Å²) < 4.78 is 1.66. The van der Waals surface area contributed by atoms with Crippen LogP contribution in [-0.4, -0.2) is 46.9 Å². The molecule has 0 atom stereocenters. The molecule has 6 nitrogen and oxygen atoms in total. The van der Waals surface area contributed by atoms with Crippen LogP contribution in [0, 0.1) is 6.92 Å². The van der Waals surface area contributed by atoms with Crippen LogP contribution in [0.2, 0.25) is 0 Å². The van der Waals surface area contributed by atoms with Crippen molar-refractivity contribution in [3.63, 3.8) is 0 Å². The van der Waals surface area contributed by atoms with Gasteiger partial charge in [-0.25, -0.2) is 4.79 Å². The molecule has 2 N–H and O–H groups in total. The van der Waals surface area contributed by atoms with Gasteiger partial charge in [-0.05, 0) is 32.9 Å². The maximum atomic E-state index is 11.7. The zero-order valence-corrected chi connectivity index (χ0v) is 11.1. The van der Waals surface area contributed by atoms with E-state index in [1.165, 1.54) is 12.8 Å². The van der Waals surface area contributed by atoms with E-state index >= 15 is 0 Å². The van der Waals surface area contributed by atoms with Crippen molar-refractivity contribution in [2.45, 2.75) is 19.8 Å². The lowest BCUT2D eigenvalue weighted by Gasteiger charge is -2.14. The summed E-state index contributed by atoms with van der Waals surface area (Å²) in [5.41, 5.74) is 0.893. The van der Waals surface area contributed by atoms with Gasteiger partial charge < -0.3 is 10.2 Å². The summed E-state index contributed by atoms with van der Waals surface area (Å²) in [6.07, 6.45) is 2.56. The van der Waals surface area contributed by atoms with Crippen LogP contribution < -0.4 is 10.6 Å². The van der Waals surface area contributed by atoms with Gasteiger partial charge in [0.2, 0.25) is 0 Å². The molecule has 1 aliphatic rings. The molecule has 18 heavy (non-hydrogen) atoms. The quantitative estimate of drug-likeness (QED) is 0.837. The summed E-state index contributed by atoms with van der Waals surface area (Å²) in [7, 11) is 1.81. The first-order chi connectivity index (χ1) is 8.65. The Morgan fingerprint density at radius 2 is 2.17 bits per heavy atom. The fraction of sp³-hybridized carbons (Fsp3) is 0.667. The summed E-state index contributed by atoms with van der Waals surface area (Å²) in [4.78, 5) is 14.0. The highest BCUT2D eigenvalue weighted by atomic mass is 16.2. The van der Waals surface area contributed by atoms with Gasteiger partial charge in [-0.15, -0.1) is 0 Å². The van der Waals surface area contributed by atoms with Crippen LogP contribution >= 0.6 is 0 Å². The van der Waals surface area contributed by atoms with Crippen molar-refractivity contribution < 1.29 is 4.79 Å². The lowest BCUT2D eigenvalue weighted by molar-refractivity contribution is 0.249. The number of carbonyl (C=O) groups excluding carboxylic acids is 1. The van der Waals surface area contributed by atoms with E-state index in [2.05, 4.69) is 20.6 Å². The molecule has 1 saturated heterocycles. The molecule has 2 rings (SSSR count). The van der Waals surface area contributed by atoms with Crippen molar-refractivity contribution in [2.24, 2.45) is 7.05 Å². The lowest BCUT2D eigenvalue weighted by Crippen LogP contribution is -2.36. The monoisotopic (exact) mass is 251 g/mol. The second-order valence-corrected chi connectivity index (χ2v) is 4.72. The molecule has 0 unspecified atom stereocenters. The van der Waals surface area contributed by atoms with Gasteiger partial charge in [-0.3, -0.25) is 10.00 Å². The van der Waals surface area contributed by atoms with Crippen molar-refractivity contribution in [3.05, 3.63) is 11.8 Å². The molecule has 1 fully saturated rings. The summed E-state index contributed by atoms with van der Waals surface area (Å²) in [5, 5.41) is 9.82. The largest absolute Gasteiger partial charge is 0.337 e. The smallest absolute Gasteiger partial charge is 0.320 e. The number of hydrogen-bond acceptors (Lipinski definition) is 3. The van der Waals surface area contributed by atoms with Gasteiger partial charge in [0.1, 0.15) is 5.82 Å². The molecule has 0 aliphatic carbocycles. The Labute approximate surface area is 107 Å². The molecule has 1 aromatic heterocycles. The minimum absolute atomic E-state index is 0.169. The number of aryl methyl sites for hydroxylation is 2. The normalized spacial score (nSPS) is 15.9. The van der Waals surface area contributed by atoms with Crippen molar-refractivity contribution >= 4 is 11.8 Å². The molecule has 0 saturated carbocycles. The molecule has 2 heterocycles. The first-order valence-electron chi connectivity index (χ1n) is 6.43. The molecule has 1 aromatic rings. The first kappa shape index (κ1) is 12.9. The maximum absolute atomic E-state index is 11.7. The Hall–Kier alpha value is -1.56. The van der Waals surface area contributed by atoms with E-state index in [1.54, 1.807) is 4.68 Å². The van der Waals surface area contributed by atoms with Crippen LogP contribution in [0.5, 0.6) is 0 Å². The van der Waals surface area contributed by atoms with Gasteiger partial charge in [0, 0.05) is 26.2 Å². The molecule has 100 valence electrons. The number of amides is 2. The molecule has 2 amide bonds. The van der Waals surface area contributed by atoms with E-state index in [1.807, 2.05) is 20.0 Å². The van der Waals surface area contributed by atoms with Gasteiger partial charge in [0.15, 0.2) is 0 Å². The minimum atomic E-state index is -0.169. The summed E-state index contributed by atoms with van der Waals surface area (Å²) in [6, 6.07) is 1.68. The Kier molecular flexibility index (Phi) is 4.19. The highest BCUT2D eigenvalue weighted by Gasteiger charge is 2.11. The zero-order chi connectivity index (χ0) is 13.0. The summed E-state index contributed by atoms with van der Waals surface area (Å²) >= 11 is 0. The van der Waals surface area contributed by atoms with E-state index < -0.39 is 0 Å². The fourth-order valence-corrected chi connectivity index (χ4v) is 2.22. The molecule has 0 aromatic carbocycles.